The van der Waals surface area contributed by atoms with Crippen LogP contribution in [0.15, 0.2) is 24.3 Å². The summed E-state index contributed by atoms with van der Waals surface area (Å²) >= 11 is 0. The van der Waals surface area contributed by atoms with Crippen LogP contribution in [-0.2, 0) is 16.1 Å². The summed E-state index contributed by atoms with van der Waals surface area (Å²) in [4.78, 5) is 0. The number of hydrogen-bond donors (Lipinski definition) is 1. The van der Waals surface area contributed by atoms with Gasteiger partial charge in [-0.2, -0.15) is 0 Å². The lowest BCUT2D eigenvalue weighted by Crippen LogP contribution is -2.47. The van der Waals surface area contributed by atoms with Gasteiger partial charge in [-0.15, -0.1) is 0 Å². The Morgan fingerprint density at radius 1 is 1.47 bits per heavy atom. The highest BCUT2D eigenvalue weighted by atomic mass is 16.5. The van der Waals surface area contributed by atoms with E-state index < -0.39 is 0 Å². The van der Waals surface area contributed by atoms with Crippen molar-refractivity contribution < 1.29 is 9.47 Å². The van der Waals surface area contributed by atoms with E-state index in [9.17, 15) is 0 Å². The zero-order valence-electron chi connectivity index (χ0n) is 10.4. The van der Waals surface area contributed by atoms with Gasteiger partial charge < -0.3 is 15.2 Å². The van der Waals surface area contributed by atoms with E-state index in [4.69, 9.17) is 15.2 Å². The summed E-state index contributed by atoms with van der Waals surface area (Å²) in [5.74, 6) is 0. The molecular formula is C14H21NO2. The Morgan fingerprint density at radius 2 is 2.35 bits per heavy atom. The van der Waals surface area contributed by atoms with Crippen LogP contribution in [0.4, 0.5) is 0 Å². The van der Waals surface area contributed by atoms with Gasteiger partial charge in [0, 0.05) is 13.2 Å². The Labute approximate surface area is 103 Å². The van der Waals surface area contributed by atoms with Crippen molar-refractivity contribution in [2.45, 2.75) is 32.0 Å². The number of hydrogen-bond acceptors (Lipinski definition) is 3. The second-order valence-electron chi connectivity index (χ2n) is 4.82. The van der Waals surface area contributed by atoms with Crippen molar-refractivity contribution >= 4 is 0 Å². The first-order valence-corrected chi connectivity index (χ1v) is 6.21. The van der Waals surface area contributed by atoms with Gasteiger partial charge in [-0.25, -0.2) is 0 Å². The Bertz CT molecular complexity index is 359. The largest absolute Gasteiger partial charge is 0.378 e. The van der Waals surface area contributed by atoms with Crippen LogP contribution in [0.3, 0.4) is 0 Å². The molecule has 1 heterocycles. The molecule has 1 aliphatic heterocycles. The van der Waals surface area contributed by atoms with Gasteiger partial charge in [0.25, 0.3) is 0 Å². The monoisotopic (exact) mass is 235 g/mol. The second kappa shape index (κ2) is 5.63. The normalized spacial score (nSPS) is 24.8. The van der Waals surface area contributed by atoms with Crippen LogP contribution in [0.5, 0.6) is 0 Å². The highest BCUT2D eigenvalue weighted by Gasteiger charge is 2.32. The third-order valence-electron chi connectivity index (χ3n) is 3.29. The predicted molar refractivity (Wildman–Crippen MR) is 67.8 cm³/mol. The van der Waals surface area contributed by atoms with Crippen LogP contribution >= 0.6 is 0 Å². The number of ether oxygens (including phenoxy) is 2. The molecule has 94 valence electrons. The van der Waals surface area contributed by atoms with Crippen molar-refractivity contribution in [3.63, 3.8) is 0 Å². The molecule has 2 N–H and O–H groups in total. The van der Waals surface area contributed by atoms with Gasteiger partial charge in [0.05, 0.1) is 13.2 Å². The average Bonchev–Trinajstić information content (AvgIpc) is 2.38. The molecule has 1 atom stereocenters. The molecule has 1 aromatic carbocycles. The topological polar surface area (TPSA) is 44.5 Å². The van der Waals surface area contributed by atoms with Gasteiger partial charge in [-0.05, 0) is 25.3 Å². The van der Waals surface area contributed by atoms with E-state index in [0.29, 0.717) is 19.8 Å². The third-order valence-corrected chi connectivity index (χ3v) is 3.29. The summed E-state index contributed by atoms with van der Waals surface area (Å²) in [6.45, 7) is 4.68. The molecule has 1 fully saturated rings. The molecule has 0 aromatic heterocycles. The summed E-state index contributed by atoms with van der Waals surface area (Å²) in [5.41, 5.74) is 8.01. The smallest absolute Gasteiger partial charge is 0.104 e. The maximum Gasteiger partial charge on any atom is 0.104 e. The summed E-state index contributed by atoms with van der Waals surface area (Å²) in [5, 5.41) is 0. The van der Waals surface area contributed by atoms with Crippen molar-refractivity contribution in [1.82, 2.24) is 0 Å². The third kappa shape index (κ3) is 3.28. The molecule has 0 aliphatic carbocycles. The lowest BCUT2D eigenvalue weighted by atomic mass is 9.96. The van der Waals surface area contributed by atoms with Gasteiger partial charge in [-0.3, -0.25) is 0 Å². The van der Waals surface area contributed by atoms with E-state index in [0.717, 1.165) is 19.4 Å². The van der Waals surface area contributed by atoms with Gasteiger partial charge in [-0.1, -0.05) is 29.8 Å². The number of benzene rings is 1. The summed E-state index contributed by atoms with van der Waals surface area (Å²) in [6, 6.07) is 8.38. The first kappa shape index (κ1) is 12.6. The van der Waals surface area contributed by atoms with E-state index in [1.807, 2.05) is 0 Å². The molecule has 0 bridgehead atoms. The summed E-state index contributed by atoms with van der Waals surface area (Å²) in [6.07, 6.45) is 2.03. The maximum absolute atomic E-state index is 6.01. The number of nitrogens with two attached hydrogens (primary N) is 1. The molecule has 1 saturated heterocycles. The van der Waals surface area contributed by atoms with Crippen LogP contribution < -0.4 is 5.73 Å². The second-order valence-corrected chi connectivity index (χ2v) is 4.82. The fourth-order valence-corrected chi connectivity index (χ4v) is 2.20. The van der Waals surface area contributed by atoms with E-state index in [1.165, 1.54) is 11.1 Å². The highest BCUT2D eigenvalue weighted by Crippen LogP contribution is 2.24. The predicted octanol–water partition coefficient (Wildman–Crippen LogP) is 2.02. The van der Waals surface area contributed by atoms with E-state index in [-0.39, 0.29) is 5.60 Å². The van der Waals surface area contributed by atoms with Crippen molar-refractivity contribution in [3.05, 3.63) is 35.4 Å². The lowest BCUT2D eigenvalue weighted by molar-refractivity contribution is -0.130. The highest BCUT2D eigenvalue weighted by molar-refractivity contribution is 5.21. The van der Waals surface area contributed by atoms with Crippen molar-refractivity contribution in [3.8, 4) is 0 Å². The Balaban J connectivity index is 1.95. The first-order valence-electron chi connectivity index (χ1n) is 6.21. The van der Waals surface area contributed by atoms with Gasteiger partial charge in [0.2, 0.25) is 0 Å². The van der Waals surface area contributed by atoms with E-state index >= 15 is 0 Å². The van der Waals surface area contributed by atoms with Gasteiger partial charge in [0.15, 0.2) is 0 Å². The molecule has 1 aliphatic rings. The van der Waals surface area contributed by atoms with Crippen molar-refractivity contribution in [2.75, 3.05) is 19.8 Å². The molecule has 0 saturated carbocycles. The van der Waals surface area contributed by atoms with Gasteiger partial charge in [0.1, 0.15) is 5.60 Å². The molecule has 1 unspecified atom stereocenters. The average molecular weight is 235 g/mol. The number of rotatable bonds is 4. The molecule has 3 heteroatoms. The van der Waals surface area contributed by atoms with Gasteiger partial charge >= 0.3 is 0 Å². The zero-order valence-corrected chi connectivity index (χ0v) is 10.4. The Morgan fingerprint density at radius 3 is 3.00 bits per heavy atom. The van der Waals surface area contributed by atoms with Crippen molar-refractivity contribution in [2.24, 2.45) is 5.73 Å². The molecule has 17 heavy (non-hydrogen) atoms. The molecule has 2 rings (SSSR count). The molecule has 0 spiro atoms. The fraction of sp³-hybridized carbons (Fsp3) is 0.571. The van der Waals surface area contributed by atoms with Crippen LogP contribution in [0.25, 0.3) is 0 Å². The molecule has 0 amide bonds. The first-order chi connectivity index (χ1) is 8.24. The SMILES string of the molecule is Cc1cccc(COC2(CN)CCCOC2)c1. The standard InChI is InChI=1S/C14H21NO2/c1-12-4-2-5-13(8-12)9-17-14(10-15)6-3-7-16-11-14/h2,4-5,8H,3,6-7,9-11,15H2,1H3. The minimum Gasteiger partial charge on any atom is -0.378 e. The van der Waals surface area contributed by atoms with Crippen molar-refractivity contribution in [1.29, 1.82) is 0 Å². The quantitative estimate of drug-likeness (QED) is 0.868. The van der Waals surface area contributed by atoms with Crippen LogP contribution in [0.2, 0.25) is 0 Å². The Hall–Kier alpha value is -0.900. The van der Waals surface area contributed by atoms with Crippen LogP contribution in [-0.4, -0.2) is 25.4 Å². The van der Waals surface area contributed by atoms with Crippen LogP contribution in [0.1, 0.15) is 24.0 Å². The lowest BCUT2D eigenvalue weighted by Gasteiger charge is -2.35. The minimum atomic E-state index is -0.276. The fourth-order valence-electron chi connectivity index (χ4n) is 2.20. The number of aryl methyl sites for hydroxylation is 1. The molecule has 3 nitrogen and oxygen atoms in total. The molecule has 1 aromatic rings. The minimum absolute atomic E-state index is 0.276. The summed E-state index contributed by atoms with van der Waals surface area (Å²) < 4.78 is 11.5. The van der Waals surface area contributed by atoms with Crippen LogP contribution in [0, 0.1) is 6.92 Å². The van der Waals surface area contributed by atoms with E-state index in [1.54, 1.807) is 0 Å². The molecular weight excluding hydrogens is 214 g/mol. The maximum atomic E-state index is 6.01. The zero-order chi connectivity index (χ0) is 12.1. The summed E-state index contributed by atoms with van der Waals surface area (Å²) in [7, 11) is 0. The van der Waals surface area contributed by atoms with E-state index in [2.05, 4.69) is 31.2 Å². The Kier molecular flexibility index (Phi) is 4.15. The molecule has 0 radical (unpaired) electrons.